The van der Waals surface area contributed by atoms with Crippen molar-refractivity contribution < 1.29 is 4.74 Å². The molecule has 1 nitrogen and oxygen atoms in total. The molecule has 1 aromatic rings. The Morgan fingerprint density at radius 1 is 1.07 bits per heavy atom. The normalized spacial score (nSPS) is 32.2. The molecular weight excluding hydrogens is 184 g/mol. The van der Waals surface area contributed by atoms with Gasteiger partial charge in [0.2, 0.25) is 0 Å². The van der Waals surface area contributed by atoms with Gasteiger partial charge in [0.15, 0.2) is 0 Å². The van der Waals surface area contributed by atoms with Gasteiger partial charge in [-0.05, 0) is 48.3 Å². The minimum absolute atomic E-state index is 0.755. The van der Waals surface area contributed by atoms with Crippen LogP contribution in [0.5, 0.6) is 5.75 Å². The number of methoxy groups -OCH3 is 1. The smallest absolute Gasteiger partial charge is 0.118 e. The topological polar surface area (TPSA) is 9.23 Å². The molecule has 1 saturated carbocycles. The van der Waals surface area contributed by atoms with E-state index in [1.807, 2.05) is 0 Å². The molecule has 0 aromatic heterocycles. The van der Waals surface area contributed by atoms with Crippen molar-refractivity contribution in [2.75, 3.05) is 7.11 Å². The number of ether oxygens (including phenoxy) is 1. The second-order valence-electron chi connectivity index (χ2n) is 4.66. The third-order valence-electron chi connectivity index (χ3n) is 3.82. The number of rotatable bonds is 2. The second kappa shape index (κ2) is 3.41. The first-order valence-electron chi connectivity index (χ1n) is 5.69. The van der Waals surface area contributed by atoms with Gasteiger partial charge in [-0.2, -0.15) is 0 Å². The molecule has 0 saturated heterocycles. The summed E-state index contributed by atoms with van der Waals surface area (Å²) in [6, 6.07) is 8.59. The van der Waals surface area contributed by atoms with Gasteiger partial charge in [-0.25, -0.2) is 0 Å². The lowest BCUT2D eigenvalue weighted by atomic mass is 9.87. The minimum atomic E-state index is 0.755. The zero-order valence-corrected chi connectivity index (χ0v) is 9.02. The van der Waals surface area contributed by atoms with Gasteiger partial charge in [0, 0.05) is 0 Å². The predicted octanol–water partition coefficient (Wildman–Crippen LogP) is 3.37. The molecule has 1 fully saturated rings. The van der Waals surface area contributed by atoms with E-state index in [4.69, 9.17) is 4.74 Å². The lowest BCUT2D eigenvalue weighted by Gasteiger charge is -2.18. The molecule has 0 unspecified atom stereocenters. The fraction of sp³-hybridized carbons (Fsp3) is 0.429. The monoisotopic (exact) mass is 200 g/mol. The average Bonchev–Trinajstić information content (AvgIpc) is 2.91. The lowest BCUT2D eigenvalue weighted by Crippen LogP contribution is -2.04. The summed E-state index contributed by atoms with van der Waals surface area (Å²) in [6.07, 6.45) is 7.51. The number of fused-ring (bicyclic) bond motifs is 2. The highest BCUT2D eigenvalue weighted by atomic mass is 16.5. The van der Waals surface area contributed by atoms with Crippen molar-refractivity contribution in [3.05, 3.63) is 42.0 Å². The van der Waals surface area contributed by atoms with E-state index < -0.39 is 0 Å². The Morgan fingerprint density at radius 2 is 1.87 bits per heavy atom. The van der Waals surface area contributed by atoms with Gasteiger partial charge in [-0.1, -0.05) is 24.3 Å². The van der Waals surface area contributed by atoms with E-state index in [2.05, 4.69) is 36.4 Å². The summed E-state index contributed by atoms with van der Waals surface area (Å²) < 4.78 is 5.18. The van der Waals surface area contributed by atoms with Crippen LogP contribution in [-0.4, -0.2) is 7.11 Å². The molecule has 0 aliphatic heterocycles. The molecular formula is C14H16O. The number of hydrogen-bond donors (Lipinski definition) is 0. The van der Waals surface area contributed by atoms with E-state index in [1.165, 1.54) is 18.4 Å². The Morgan fingerprint density at radius 3 is 2.40 bits per heavy atom. The van der Waals surface area contributed by atoms with Crippen molar-refractivity contribution in [3.8, 4) is 5.75 Å². The highest BCUT2D eigenvalue weighted by Crippen LogP contribution is 2.48. The number of benzene rings is 1. The summed E-state index contributed by atoms with van der Waals surface area (Å²) in [6.45, 7) is 0. The largest absolute Gasteiger partial charge is 0.497 e. The maximum atomic E-state index is 5.18. The second-order valence-corrected chi connectivity index (χ2v) is 4.66. The Balaban J connectivity index is 1.84. The fourth-order valence-electron chi connectivity index (χ4n) is 3.02. The summed E-state index contributed by atoms with van der Waals surface area (Å²) in [5.74, 6) is 3.36. The molecule has 3 rings (SSSR count). The van der Waals surface area contributed by atoms with Crippen molar-refractivity contribution in [1.82, 2.24) is 0 Å². The van der Waals surface area contributed by atoms with Crippen LogP contribution in [0.4, 0.5) is 0 Å². The van der Waals surface area contributed by atoms with Crippen molar-refractivity contribution in [2.45, 2.75) is 18.8 Å². The summed E-state index contributed by atoms with van der Waals surface area (Å²) >= 11 is 0. The van der Waals surface area contributed by atoms with E-state index in [0.29, 0.717) is 0 Å². The molecule has 3 atom stereocenters. The van der Waals surface area contributed by atoms with Crippen molar-refractivity contribution >= 4 is 0 Å². The van der Waals surface area contributed by atoms with Crippen LogP contribution in [0.3, 0.4) is 0 Å². The van der Waals surface area contributed by atoms with Gasteiger partial charge in [0.1, 0.15) is 5.75 Å². The van der Waals surface area contributed by atoms with Crippen LogP contribution in [0.1, 0.15) is 24.3 Å². The van der Waals surface area contributed by atoms with Gasteiger partial charge in [0.25, 0.3) is 0 Å². The molecule has 0 radical (unpaired) electrons. The number of allylic oxidation sites excluding steroid dienone is 2. The van der Waals surface area contributed by atoms with Gasteiger partial charge in [-0.3, -0.25) is 0 Å². The Labute approximate surface area is 90.8 Å². The van der Waals surface area contributed by atoms with E-state index >= 15 is 0 Å². The third kappa shape index (κ3) is 1.46. The number of hydrogen-bond acceptors (Lipinski definition) is 1. The maximum absolute atomic E-state index is 5.18. The van der Waals surface area contributed by atoms with Gasteiger partial charge >= 0.3 is 0 Å². The molecule has 0 heterocycles. The summed E-state index contributed by atoms with van der Waals surface area (Å²) in [5, 5.41) is 0. The first kappa shape index (κ1) is 9.02. The predicted molar refractivity (Wildman–Crippen MR) is 61.1 cm³/mol. The minimum Gasteiger partial charge on any atom is -0.497 e. The first-order chi connectivity index (χ1) is 7.36. The lowest BCUT2D eigenvalue weighted by molar-refractivity contribution is 0.414. The zero-order valence-electron chi connectivity index (χ0n) is 9.02. The Kier molecular flexibility index (Phi) is 2.05. The van der Waals surface area contributed by atoms with E-state index in [1.54, 1.807) is 7.11 Å². The summed E-state index contributed by atoms with van der Waals surface area (Å²) in [7, 11) is 1.72. The van der Waals surface area contributed by atoms with Crippen molar-refractivity contribution in [3.63, 3.8) is 0 Å². The first-order valence-corrected chi connectivity index (χ1v) is 5.69. The molecule has 1 aromatic carbocycles. The highest BCUT2D eigenvalue weighted by Gasteiger charge is 2.36. The van der Waals surface area contributed by atoms with Crippen LogP contribution in [-0.2, 0) is 0 Å². The van der Waals surface area contributed by atoms with Gasteiger partial charge < -0.3 is 4.74 Å². The molecule has 0 N–H and O–H groups in total. The SMILES string of the molecule is COc1ccc([C@@H]2C[C@@H]3C=C[C@H]2C3)cc1. The van der Waals surface area contributed by atoms with E-state index in [0.717, 1.165) is 23.5 Å². The highest BCUT2D eigenvalue weighted by molar-refractivity contribution is 5.32. The van der Waals surface area contributed by atoms with Crippen molar-refractivity contribution in [1.29, 1.82) is 0 Å². The molecule has 0 spiro atoms. The standard InChI is InChI=1S/C14H16O/c1-15-13-6-4-11(5-7-13)14-9-10-2-3-12(14)8-10/h2-7,10,12,14H,8-9H2,1H3/t10-,12+,14+/m1/s1. The molecule has 15 heavy (non-hydrogen) atoms. The Bertz CT molecular complexity index is 377. The summed E-state index contributed by atoms with van der Waals surface area (Å²) in [5.41, 5.74) is 1.48. The Hall–Kier alpha value is -1.24. The van der Waals surface area contributed by atoms with Crippen LogP contribution >= 0.6 is 0 Å². The quantitative estimate of drug-likeness (QED) is 0.665. The summed E-state index contributed by atoms with van der Waals surface area (Å²) in [4.78, 5) is 0. The molecule has 0 amide bonds. The van der Waals surface area contributed by atoms with E-state index in [-0.39, 0.29) is 0 Å². The van der Waals surface area contributed by atoms with Crippen LogP contribution < -0.4 is 4.74 Å². The van der Waals surface area contributed by atoms with Crippen LogP contribution in [0.15, 0.2) is 36.4 Å². The van der Waals surface area contributed by atoms with Gasteiger partial charge in [0.05, 0.1) is 7.11 Å². The zero-order chi connectivity index (χ0) is 10.3. The van der Waals surface area contributed by atoms with Crippen LogP contribution in [0.25, 0.3) is 0 Å². The molecule has 1 heteroatoms. The maximum Gasteiger partial charge on any atom is 0.118 e. The molecule has 78 valence electrons. The van der Waals surface area contributed by atoms with Gasteiger partial charge in [-0.15, -0.1) is 0 Å². The molecule has 2 aliphatic rings. The van der Waals surface area contributed by atoms with Crippen molar-refractivity contribution in [2.24, 2.45) is 11.8 Å². The third-order valence-corrected chi connectivity index (χ3v) is 3.82. The van der Waals surface area contributed by atoms with E-state index in [9.17, 15) is 0 Å². The van der Waals surface area contributed by atoms with Crippen LogP contribution in [0, 0.1) is 11.8 Å². The fourth-order valence-corrected chi connectivity index (χ4v) is 3.02. The molecule has 2 bridgehead atoms. The average molecular weight is 200 g/mol. The molecule has 2 aliphatic carbocycles. The van der Waals surface area contributed by atoms with Crippen LogP contribution in [0.2, 0.25) is 0 Å².